The van der Waals surface area contributed by atoms with E-state index in [1.165, 1.54) is 0 Å². The molecule has 0 aromatic heterocycles. The van der Waals surface area contributed by atoms with Gasteiger partial charge in [-0.1, -0.05) is 65.2 Å². The van der Waals surface area contributed by atoms with Crippen LogP contribution in [0.15, 0.2) is 0 Å². The first-order valence-corrected chi connectivity index (χ1v) is 22.1. The topological polar surface area (TPSA) is 52.6 Å². The largest absolute Gasteiger partial charge is 0.462 e. The number of ether oxygens (including phenoxy) is 2. The molecule has 502 valence electrons. The maximum atomic E-state index is 15.0. The molecule has 1 unspecified atom stereocenters. The van der Waals surface area contributed by atoms with Crippen LogP contribution in [0.4, 0.5) is 180 Å². The second kappa shape index (κ2) is 24.2. The fourth-order valence-corrected chi connectivity index (χ4v) is 6.36. The SMILES string of the molecule is CCCCCCCC(=O)OCC(CC(F)(F)C(F)(F)C(F)(F)C(F)(F)C(F)(F)C(F)(F)C(F)(F)C(F)(F)C(F)(F)C(F)(F)C(F)(F)C(F)(F)C(F)(F)C(F)(F)C(F)(F)C(F)(F)C(F)(F)C(F)(F)C(F)(F)C(F)(F)F)OC(=O)CCCCCCC. The molecule has 0 aromatic rings. The molecule has 0 bridgehead atoms. The Morgan fingerprint density at radius 2 is 0.476 bits per heavy atom. The van der Waals surface area contributed by atoms with Gasteiger partial charge >= 0.3 is 131 Å². The van der Waals surface area contributed by atoms with E-state index in [-0.39, 0.29) is 32.1 Å². The molecule has 0 N–H and O–H groups in total. The lowest BCUT2D eigenvalue weighted by molar-refractivity contribution is -0.495. The van der Waals surface area contributed by atoms with E-state index in [1.807, 2.05) is 0 Å². The maximum absolute atomic E-state index is 15.0. The fourth-order valence-electron chi connectivity index (χ4n) is 6.36. The molecule has 4 nitrogen and oxygen atoms in total. The molecule has 0 rings (SSSR count). The number of esters is 2. The van der Waals surface area contributed by atoms with Gasteiger partial charge in [0.2, 0.25) is 0 Å². The summed E-state index contributed by atoms with van der Waals surface area (Å²) in [4.78, 5) is 24.3. The van der Waals surface area contributed by atoms with Gasteiger partial charge in [0.25, 0.3) is 0 Å². The number of carbonyl (C=O) groups is 2. The van der Waals surface area contributed by atoms with Crippen molar-refractivity contribution in [3.8, 4) is 0 Å². The van der Waals surface area contributed by atoms with Crippen LogP contribution in [0.1, 0.15) is 97.3 Å². The molecule has 45 heteroatoms. The number of hydrogen-bond donors (Lipinski definition) is 0. The van der Waals surface area contributed by atoms with Gasteiger partial charge in [0, 0.05) is 12.8 Å². The highest BCUT2D eigenvalue weighted by Gasteiger charge is 3.03. The fraction of sp³-hybridized carbons (Fsp3) is 0.949. The predicted octanol–water partition coefficient (Wildman–Crippen LogP) is 18.2. The molecule has 0 aromatic carbocycles. The molecule has 0 heterocycles. The molecular formula is C39H35F41O4. The Bertz CT molecular complexity index is 2200. The highest BCUT2D eigenvalue weighted by atomic mass is 19.4. The van der Waals surface area contributed by atoms with Gasteiger partial charge in [-0.25, -0.2) is 0 Å². The maximum Gasteiger partial charge on any atom is 0.460 e. The molecule has 0 saturated carbocycles. The standard InChI is InChI=1S/C39H35F41O4/c1-3-5-7-9-11-13-18(81)83-16-17(84-19(82)14-12-10-8-6-4-2)15-20(40,41)21(42,43)22(44,45)23(46,47)24(48,49)25(50,51)26(52,53)27(54,55)28(56,57)29(58,59)30(60,61)31(62,63)32(64,65)33(66,67)34(68,69)35(70,71)36(72,73)37(74,75)38(76,77)39(78,79)80/h17H,3-16H2,1-2H3. The van der Waals surface area contributed by atoms with E-state index in [9.17, 15) is 181 Å². The Morgan fingerprint density at radius 1 is 0.274 bits per heavy atom. The van der Waals surface area contributed by atoms with Crippen LogP contribution in [0, 0.1) is 0 Å². The van der Waals surface area contributed by atoms with Gasteiger partial charge in [-0.3, -0.25) is 9.59 Å². The highest BCUT2D eigenvalue weighted by Crippen LogP contribution is 2.71. The Morgan fingerprint density at radius 3 is 0.702 bits per heavy atom. The Hall–Kier alpha value is -3.93. The second-order valence-corrected chi connectivity index (χ2v) is 17.9. The van der Waals surface area contributed by atoms with Crippen LogP contribution in [0.5, 0.6) is 0 Å². The van der Waals surface area contributed by atoms with Crippen molar-refractivity contribution in [2.24, 2.45) is 0 Å². The third-order valence-corrected chi connectivity index (χ3v) is 11.7. The number of unbranched alkanes of at least 4 members (excludes halogenated alkanes) is 8. The average Bonchev–Trinajstić information content (AvgIpc) is 3.31. The highest BCUT2D eigenvalue weighted by molar-refractivity contribution is 5.70. The van der Waals surface area contributed by atoms with Crippen molar-refractivity contribution in [3.05, 3.63) is 0 Å². The van der Waals surface area contributed by atoms with Crippen molar-refractivity contribution in [2.75, 3.05) is 6.61 Å². The summed E-state index contributed by atoms with van der Waals surface area (Å²) in [6.07, 6.45) is -15.0. The lowest BCUT2D eigenvalue weighted by Crippen LogP contribution is -2.80. The minimum Gasteiger partial charge on any atom is -0.462 e. The molecule has 0 radical (unpaired) electrons. The van der Waals surface area contributed by atoms with Gasteiger partial charge in [-0.2, -0.15) is 180 Å². The van der Waals surface area contributed by atoms with Crippen LogP contribution in [-0.2, 0) is 19.1 Å². The second-order valence-electron chi connectivity index (χ2n) is 17.9. The lowest BCUT2D eigenvalue weighted by atomic mass is 9.81. The smallest absolute Gasteiger partial charge is 0.460 e. The van der Waals surface area contributed by atoms with Crippen LogP contribution in [0.25, 0.3) is 0 Å². The summed E-state index contributed by atoms with van der Waals surface area (Å²) in [5.74, 6) is -194. The van der Waals surface area contributed by atoms with Gasteiger partial charge in [-0.05, 0) is 12.8 Å². The minimum absolute atomic E-state index is 0.0283. The first kappa shape index (κ1) is 80.1. The summed E-state index contributed by atoms with van der Waals surface area (Å²) < 4.78 is 587. The molecule has 0 spiro atoms. The van der Waals surface area contributed by atoms with Gasteiger partial charge in [-0.15, -0.1) is 0 Å². The molecule has 84 heavy (non-hydrogen) atoms. The minimum atomic E-state index is -10.7. The van der Waals surface area contributed by atoms with Crippen molar-refractivity contribution < 1.29 is 199 Å². The van der Waals surface area contributed by atoms with Crippen LogP contribution < -0.4 is 0 Å². The Balaban J connectivity index is 7.77. The third kappa shape index (κ3) is 12.2. The zero-order chi connectivity index (χ0) is 68.0. The molecule has 1 atom stereocenters. The zero-order valence-electron chi connectivity index (χ0n) is 40.6. The van der Waals surface area contributed by atoms with Crippen molar-refractivity contribution in [3.63, 3.8) is 0 Å². The summed E-state index contributed by atoms with van der Waals surface area (Å²) in [5, 5.41) is 0. The normalized spacial score (nSPS) is 16.3. The van der Waals surface area contributed by atoms with Gasteiger partial charge in [0.05, 0.1) is 6.42 Å². The van der Waals surface area contributed by atoms with Crippen molar-refractivity contribution in [1.82, 2.24) is 0 Å². The van der Waals surface area contributed by atoms with E-state index < -0.39 is 163 Å². The van der Waals surface area contributed by atoms with Gasteiger partial charge in [0.15, 0.2) is 0 Å². The van der Waals surface area contributed by atoms with E-state index in [4.69, 9.17) is 0 Å². The summed E-state index contributed by atoms with van der Waals surface area (Å²) >= 11 is 0. The average molecular weight is 1350 g/mol. The summed E-state index contributed by atoms with van der Waals surface area (Å²) in [6.45, 7) is 1.21. The molecule has 0 aliphatic heterocycles. The summed E-state index contributed by atoms with van der Waals surface area (Å²) in [6, 6.07) is 0. The Kier molecular flexibility index (Phi) is 23.1. The summed E-state index contributed by atoms with van der Waals surface area (Å²) in [5.41, 5.74) is 0. The number of carbonyl (C=O) groups excluding carboxylic acids is 2. The number of halogens is 41. The molecule has 0 amide bonds. The van der Waals surface area contributed by atoms with E-state index in [0.717, 1.165) is 0 Å². The van der Waals surface area contributed by atoms with Crippen LogP contribution in [0.3, 0.4) is 0 Å². The van der Waals surface area contributed by atoms with Gasteiger partial charge in [0.1, 0.15) is 12.7 Å². The summed E-state index contributed by atoms with van der Waals surface area (Å²) in [7, 11) is 0. The molecule has 0 saturated heterocycles. The van der Waals surface area contributed by atoms with E-state index >= 15 is 8.78 Å². The molecule has 0 fully saturated rings. The van der Waals surface area contributed by atoms with Gasteiger partial charge < -0.3 is 9.47 Å². The first-order valence-electron chi connectivity index (χ1n) is 22.1. The van der Waals surface area contributed by atoms with E-state index in [2.05, 4.69) is 9.47 Å². The lowest BCUT2D eigenvalue weighted by Gasteiger charge is -2.47. The molecular weight excluding hydrogens is 1310 g/mol. The predicted molar refractivity (Wildman–Crippen MR) is 192 cm³/mol. The van der Waals surface area contributed by atoms with Crippen LogP contribution in [-0.4, -0.2) is 143 Å². The van der Waals surface area contributed by atoms with Crippen molar-refractivity contribution >= 4 is 11.9 Å². The first-order chi connectivity index (χ1) is 36.5. The molecule has 0 aliphatic carbocycles. The molecule has 0 aliphatic rings. The number of rotatable bonds is 35. The number of alkyl halides is 41. The van der Waals surface area contributed by atoms with Crippen molar-refractivity contribution in [2.45, 2.75) is 222 Å². The van der Waals surface area contributed by atoms with Crippen molar-refractivity contribution in [1.29, 1.82) is 0 Å². The zero-order valence-corrected chi connectivity index (χ0v) is 40.6. The Labute approximate surface area is 440 Å². The monoisotopic (exact) mass is 1350 g/mol. The van der Waals surface area contributed by atoms with Crippen LogP contribution in [0.2, 0.25) is 0 Å². The van der Waals surface area contributed by atoms with E-state index in [0.29, 0.717) is 32.1 Å². The quantitative estimate of drug-likeness (QED) is 0.0360. The third-order valence-electron chi connectivity index (χ3n) is 11.7. The number of hydrogen-bond acceptors (Lipinski definition) is 4. The van der Waals surface area contributed by atoms with Crippen LogP contribution >= 0.6 is 0 Å². The van der Waals surface area contributed by atoms with E-state index in [1.54, 1.807) is 13.8 Å².